The average molecular weight is 236 g/mol. The van der Waals surface area contributed by atoms with Crippen LogP contribution in [0, 0.1) is 0 Å². The van der Waals surface area contributed by atoms with Gasteiger partial charge in [-0.2, -0.15) is 0 Å². The summed E-state index contributed by atoms with van der Waals surface area (Å²) in [5.41, 5.74) is -0.303. The number of hydrogen-bond donors (Lipinski definition) is 0. The standard InChI is InChI=1S/C14H20O3/c1-6-8-12(7-2)13(16)17-14(4,5)10-9-11(3)15/h6-8H,1-2,9-10H2,3-5H3/b12-8+. The van der Waals surface area contributed by atoms with Crippen LogP contribution in [-0.4, -0.2) is 17.4 Å². The van der Waals surface area contributed by atoms with Crippen molar-refractivity contribution in [3.05, 3.63) is 37.0 Å². The molecule has 3 heteroatoms. The van der Waals surface area contributed by atoms with Crippen molar-refractivity contribution < 1.29 is 14.3 Å². The molecule has 0 saturated carbocycles. The van der Waals surface area contributed by atoms with Gasteiger partial charge in [0.2, 0.25) is 0 Å². The highest BCUT2D eigenvalue weighted by molar-refractivity contribution is 5.92. The van der Waals surface area contributed by atoms with Crippen molar-refractivity contribution in [2.45, 2.75) is 39.2 Å². The molecule has 0 N–H and O–H groups in total. The summed E-state index contributed by atoms with van der Waals surface area (Å²) in [5, 5.41) is 0. The van der Waals surface area contributed by atoms with E-state index in [0.29, 0.717) is 18.4 Å². The third kappa shape index (κ3) is 6.51. The Labute approximate surface area is 103 Å². The van der Waals surface area contributed by atoms with Crippen molar-refractivity contribution in [3.8, 4) is 0 Å². The molecule has 0 radical (unpaired) electrons. The summed E-state index contributed by atoms with van der Waals surface area (Å²) >= 11 is 0. The van der Waals surface area contributed by atoms with Gasteiger partial charge in [0.15, 0.2) is 0 Å². The molecule has 0 amide bonds. The molecule has 0 unspecified atom stereocenters. The van der Waals surface area contributed by atoms with Crippen molar-refractivity contribution in [2.75, 3.05) is 0 Å². The minimum atomic E-state index is -0.661. The van der Waals surface area contributed by atoms with Crippen LogP contribution in [0.25, 0.3) is 0 Å². The van der Waals surface area contributed by atoms with Gasteiger partial charge in [0.25, 0.3) is 0 Å². The maximum atomic E-state index is 11.7. The number of ether oxygens (including phenoxy) is 1. The number of allylic oxidation sites excluding steroid dienone is 2. The molecule has 0 fully saturated rings. The summed E-state index contributed by atoms with van der Waals surface area (Å²) in [5.74, 6) is -0.367. The summed E-state index contributed by atoms with van der Waals surface area (Å²) in [6.45, 7) is 12.1. The van der Waals surface area contributed by atoms with Crippen LogP contribution in [0.1, 0.15) is 33.6 Å². The van der Waals surface area contributed by atoms with Crippen LogP contribution < -0.4 is 0 Å². The van der Waals surface area contributed by atoms with E-state index in [1.807, 2.05) is 0 Å². The molecule has 0 aliphatic carbocycles. The van der Waals surface area contributed by atoms with Crippen molar-refractivity contribution in [3.63, 3.8) is 0 Å². The van der Waals surface area contributed by atoms with Crippen LogP contribution >= 0.6 is 0 Å². The molecule has 0 aliphatic heterocycles. The lowest BCUT2D eigenvalue weighted by molar-refractivity contribution is -0.152. The van der Waals surface area contributed by atoms with E-state index in [1.54, 1.807) is 13.8 Å². The Kier molecular flexibility index (Phi) is 6.18. The molecular weight excluding hydrogens is 216 g/mol. The van der Waals surface area contributed by atoms with Crippen molar-refractivity contribution >= 4 is 11.8 Å². The van der Waals surface area contributed by atoms with Crippen molar-refractivity contribution in [1.29, 1.82) is 0 Å². The number of rotatable bonds is 7. The van der Waals surface area contributed by atoms with Gasteiger partial charge in [0.05, 0.1) is 5.57 Å². The Bertz CT molecular complexity index is 348. The van der Waals surface area contributed by atoms with Crippen LogP contribution in [0.15, 0.2) is 37.0 Å². The number of carbonyl (C=O) groups excluding carboxylic acids is 2. The smallest absolute Gasteiger partial charge is 0.338 e. The predicted octanol–water partition coefficient (Wildman–Crippen LogP) is 2.98. The molecule has 94 valence electrons. The van der Waals surface area contributed by atoms with Gasteiger partial charge in [0, 0.05) is 6.42 Å². The molecule has 0 aromatic heterocycles. The molecule has 0 heterocycles. The third-order valence-corrected chi connectivity index (χ3v) is 2.20. The SMILES string of the molecule is C=C/C=C(\C=C)C(=O)OC(C)(C)CCC(C)=O. The van der Waals surface area contributed by atoms with Gasteiger partial charge in [-0.05, 0) is 33.3 Å². The second kappa shape index (κ2) is 6.84. The van der Waals surface area contributed by atoms with E-state index in [9.17, 15) is 9.59 Å². The van der Waals surface area contributed by atoms with E-state index in [0.717, 1.165) is 0 Å². The van der Waals surface area contributed by atoms with Gasteiger partial charge in [-0.25, -0.2) is 4.79 Å². The van der Waals surface area contributed by atoms with Gasteiger partial charge in [0.1, 0.15) is 11.4 Å². The van der Waals surface area contributed by atoms with Crippen LogP contribution in [0.3, 0.4) is 0 Å². The fraction of sp³-hybridized carbons (Fsp3) is 0.429. The lowest BCUT2D eigenvalue weighted by Crippen LogP contribution is -2.29. The number of carbonyl (C=O) groups is 2. The Hall–Kier alpha value is -1.64. The Morgan fingerprint density at radius 3 is 2.29 bits per heavy atom. The summed E-state index contributed by atoms with van der Waals surface area (Å²) < 4.78 is 5.32. The number of Topliss-reactive ketones (excluding diaryl/α,β-unsaturated/α-hetero) is 1. The van der Waals surface area contributed by atoms with Crippen molar-refractivity contribution in [1.82, 2.24) is 0 Å². The Balaban J connectivity index is 4.54. The number of hydrogen-bond acceptors (Lipinski definition) is 3. The molecule has 3 nitrogen and oxygen atoms in total. The summed E-state index contributed by atoms with van der Waals surface area (Å²) in [6, 6.07) is 0. The molecule has 0 spiro atoms. The molecule has 0 aromatic rings. The fourth-order valence-electron chi connectivity index (χ4n) is 1.18. The van der Waals surface area contributed by atoms with Gasteiger partial charge in [-0.15, -0.1) is 0 Å². The molecule has 0 saturated heterocycles. The second-order valence-electron chi connectivity index (χ2n) is 4.41. The summed E-state index contributed by atoms with van der Waals surface area (Å²) in [4.78, 5) is 22.6. The average Bonchev–Trinajstić information content (AvgIpc) is 2.22. The molecule has 0 aromatic carbocycles. The highest BCUT2D eigenvalue weighted by Crippen LogP contribution is 2.19. The zero-order valence-electron chi connectivity index (χ0n) is 10.8. The maximum absolute atomic E-state index is 11.7. The molecule has 17 heavy (non-hydrogen) atoms. The van der Waals surface area contributed by atoms with E-state index < -0.39 is 11.6 Å². The number of esters is 1. The lowest BCUT2D eigenvalue weighted by atomic mass is 10.0. The molecule has 0 aliphatic rings. The first kappa shape index (κ1) is 15.4. The van der Waals surface area contributed by atoms with E-state index in [-0.39, 0.29) is 5.78 Å². The largest absolute Gasteiger partial charge is 0.456 e. The Morgan fingerprint density at radius 1 is 1.29 bits per heavy atom. The topological polar surface area (TPSA) is 43.4 Å². The molecule has 0 bridgehead atoms. The molecule has 0 atom stereocenters. The second-order valence-corrected chi connectivity index (χ2v) is 4.41. The van der Waals surface area contributed by atoms with E-state index in [4.69, 9.17) is 4.74 Å². The highest BCUT2D eigenvalue weighted by atomic mass is 16.6. The maximum Gasteiger partial charge on any atom is 0.338 e. The van der Waals surface area contributed by atoms with Crippen LogP contribution in [-0.2, 0) is 14.3 Å². The quantitative estimate of drug-likeness (QED) is 0.388. The number of ketones is 1. The van der Waals surface area contributed by atoms with Crippen LogP contribution in [0.2, 0.25) is 0 Å². The lowest BCUT2D eigenvalue weighted by Gasteiger charge is -2.24. The predicted molar refractivity (Wildman–Crippen MR) is 68.6 cm³/mol. The van der Waals surface area contributed by atoms with E-state index in [2.05, 4.69) is 13.2 Å². The molecular formula is C14H20O3. The Morgan fingerprint density at radius 2 is 1.88 bits per heavy atom. The fourth-order valence-corrected chi connectivity index (χ4v) is 1.18. The van der Waals surface area contributed by atoms with Crippen molar-refractivity contribution in [2.24, 2.45) is 0 Å². The van der Waals surface area contributed by atoms with Gasteiger partial charge in [-0.1, -0.05) is 25.3 Å². The monoisotopic (exact) mass is 236 g/mol. The minimum Gasteiger partial charge on any atom is -0.456 e. The summed E-state index contributed by atoms with van der Waals surface area (Å²) in [7, 11) is 0. The zero-order valence-corrected chi connectivity index (χ0v) is 10.8. The first-order valence-electron chi connectivity index (χ1n) is 5.50. The van der Waals surface area contributed by atoms with Crippen LogP contribution in [0.5, 0.6) is 0 Å². The third-order valence-electron chi connectivity index (χ3n) is 2.20. The highest BCUT2D eigenvalue weighted by Gasteiger charge is 2.24. The normalized spacial score (nSPS) is 11.8. The zero-order chi connectivity index (χ0) is 13.5. The minimum absolute atomic E-state index is 0.0831. The first-order valence-corrected chi connectivity index (χ1v) is 5.50. The summed E-state index contributed by atoms with van der Waals surface area (Å²) in [6.07, 6.45) is 5.36. The van der Waals surface area contributed by atoms with E-state index in [1.165, 1.54) is 25.2 Å². The van der Waals surface area contributed by atoms with Gasteiger partial charge < -0.3 is 9.53 Å². The van der Waals surface area contributed by atoms with Crippen LogP contribution in [0.4, 0.5) is 0 Å². The van der Waals surface area contributed by atoms with E-state index >= 15 is 0 Å². The molecule has 0 rings (SSSR count). The van der Waals surface area contributed by atoms with Gasteiger partial charge >= 0.3 is 5.97 Å². The first-order chi connectivity index (χ1) is 7.82. The van der Waals surface area contributed by atoms with Gasteiger partial charge in [-0.3, -0.25) is 0 Å².